The molecule has 1 aliphatic rings. The Morgan fingerprint density at radius 1 is 1.36 bits per heavy atom. The predicted octanol–water partition coefficient (Wildman–Crippen LogP) is 2.35. The Morgan fingerprint density at radius 2 is 2.12 bits per heavy atom. The number of benzene rings is 1. The van der Waals surface area contributed by atoms with Crippen LogP contribution < -0.4 is 5.32 Å². The molecule has 1 saturated carbocycles. The summed E-state index contributed by atoms with van der Waals surface area (Å²) in [4.78, 5) is 27.1. The van der Waals surface area contributed by atoms with Gasteiger partial charge in [-0.1, -0.05) is 23.7 Å². The topological polar surface area (TPSA) is 97.1 Å². The molecule has 3 rings (SSSR count). The first kappa shape index (κ1) is 17.8. The van der Waals surface area contributed by atoms with Gasteiger partial charge in [-0.2, -0.15) is 0 Å². The molecule has 0 radical (unpaired) electrons. The Hall–Kier alpha value is -2.06. The van der Waals surface area contributed by atoms with Crippen LogP contribution in [0.3, 0.4) is 0 Å². The summed E-state index contributed by atoms with van der Waals surface area (Å²) in [5.41, 5.74) is 0.703. The SMILES string of the molecule is O=C(O)CSCCNC(=O)c1nc(C2CC2)n(-c2ccccc2Cl)n1. The lowest BCUT2D eigenvalue weighted by atomic mass is 10.3. The minimum atomic E-state index is -0.870. The zero-order chi connectivity index (χ0) is 17.8. The highest BCUT2D eigenvalue weighted by molar-refractivity contribution is 7.99. The number of nitrogens with one attached hydrogen (secondary N) is 1. The van der Waals surface area contributed by atoms with Crippen LogP contribution >= 0.6 is 23.4 Å². The fraction of sp³-hybridized carbons (Fsp3) is 0.375. The molecule has 2 aromatic rings. The number of aromatic nitrogens is 3. The van der Waals surface area contributed by atoms with E-state index in [2.05, 4.69) is 15.4 Å². The molecule has 1 amide bonds. The van der Waals surface area contributed by atoms with Crippen LogP contribution in [0.5, 0.6) is 0 Å². The number of carbonyl (C=O) groups is 2. The maximum Gasteiger partial charge on any atom is 0.313 e. The summed E-state index contributed by atoms with van der Waals surface area (Å²) in [5, 5.41) is 16.2. The van der Waals surface area contributed by atoms with Crippen LogP contribution in [0.15, 0.2) is 24.3 Å². The monoisotopic (exact) mass is 380 g/mol. The van der Waals surface area contributed by atoms with E-state index in [4.69, 9.17) is 16.7 Å². The number of halogens is 1. The highest BCUT2D eigenvalue weighted by atomic mass is 35.5. The van der Waals surface area contributed by atoms with E-state index in [0.29, 0.717) is 28.9 Å². The Balaban J connectivity index is 1.70. The van der Waals surface area contributed by atoms with Gasteiger partial charge in [0.2, 0.25) is 5.82 Å². The third kappa shape index (κ3) is 4.52. The van der Waals surface area contributed by atoms with Gasteiger partial charge in [-0.3, -0.25) is 9.59 Å². The van der Waals surface area contributed by atoms with Crippen LogP contribution in [0.4, 0.5) is 0 Å². The number of para-hydroxylation sites is 1. The molecule has 0 bridgehead atoms. The van der Waals surface area contributed by atoms with Crippen molar-refractivity contribution < 1.29 is 14.7 Å². The van der Waals surface area contributed by atoms with E-state index >= 15 is 0 Å². The zero-order valence-electron chi connectivity index (χ0n) is 13.3. The zero-order valence-corrected chi connectivity index (χ0v) is 14.9. The van der Waals surface area contributed by atoms with Crippen LogP contribution in [0.25, 0.3) is 5.69 Å². The lowest BCUT2D eigenvalue weighted by Gasteiger charge is -2.06. The number of nitrogens with zero attached hydrogens (tertiary/aromatic N) is 3. The van der Waals surface area contributed by atoms with E-state index in [-0.39, 0.29) is 17.5 Å². The van der Waals surface area contributed by atoms with Gasteiger partial charge in [-0.05, 0) is 25.0 Å². The lowest BCUT2D eigenvalue weighted by molar-refractivity contribution is -0.133. The number of hydrogen-bond donors (Lipinski definition) is 2. The fourth-order valence-electron chi connectivity index (χ4n) is 2.30. The summed E-state index contributed by atoms with van der Waals surface area (Å²) in [6, 6.07) is 7.31. The number of thioether (sulfide) groups is 1. The maximum atomic E-state index is 12.3. The van der Waals surface area contributed by atoms with Crippen LogP contribution in [-0.2, 0) is 4.79 Å². The molecule has 1 heterocycles. The average molecular weight is 381 g/mol. The fourth-order valence-corrected chi connectivity index (χ4v) is 3.08. The second kappa shape index (κ2) is 7.88. The smallest absolute Gasteiger partial charge is 0.313 e. The van der Waals surface area contributed by atoms with Crippen molar-refractivity contribution in [3.05, 3.63) is 40.9 Å². The predicted molar refractivity (Wildman–Crippen MR) is 95.6 cm³/mol. The summed E-state index contributed by atoms with van der Waals surface area (Å²) in [6.07, 6.45) is 2.05. The molecule has 1 aliphatic carbocycles. The Bertz CT molecular complexity index is 791. The molecule has 132 valence electrons. The summed E-state index contributed by atoms with van der Waals surface area (Å²) in [7, 11) is 0. The number of carbonyl (C=O) groups excluding carboxylic acids is 1. The first-order valence-corrected chi connectivity index (χ1v) is 9.39. The molecular formula is C16H17ClN4O3S. The van der Waals surface area contributed by atoms with Gasteiger partial charge in [0.05, 0.1) is 16.5 Å². The normalized spacial score (nSPS) is 13.6. The number of carboxylic acids is 1. The van der Waals surface area contributed by atoms with Gasteiger partial charge in [0.25, 0.3) is 5.91 Å². The molecule has 7 nitrogen and oxygen atoms in total. The first-order valence-electron chi connectivity index (χ1n) is 7.86. The first-order chi connectivity index (χ1) is 12.1. The van der Waals surface area contributed by atoms with Gasteiger partial charge in [-0.25, -0.2) is 9.67 Å². The summed E-state index contributed by atoms with van der Waals surface area (Å²) >= 11 is 7.49. The van der Waals surface area contributed by atoms with Gasteiger partial charge in [0, 0.05) is 18.2 Å². The number of hydrogen-bond acceptors (Lipinski definition) is 5. The van der Waals surface area contributed by atoms with Crippen LogP contribution in [0.1, 0.15) is 35.2 Å². The molecule has 1 aromatic heterocycles. The van der Waals surface area contributed by atoms with Gasteiger partial charge in [0.15, 0.2) is 0 Å². The summed E-state index contributed by atoms with van der Waals surface area (Å²) in [5.74, 6) is 0.439. The van der Waals surface area contributed by atoms with E-state index in [9.17, 15) is 9.59 Å². The largest absolute Gasteiger partial charge is 0.481 e. The van der Waals surface area contributed by atoms with Crippen LogP contribution in [0, 0.1) is 0 Å². The summed E-state index contributed by atoms with van der Waals surface area (Å²) < 4.78 is 1.65. The number of rotatable bonds is 8. The van der Waals surface area contributed by atoms with Crippen molar-refractivity contribution in [1.82, 2.24) is 20.1 Å². The number of amides is 1. The molecule has 0 aliphatic heterocycles. The van der Waals surface area contributed by atoms with Crippen LogP contribution in [-0.4, -0.2) is 49.8 Å². The van der Waals surface area contributed by atoms with Crippen molar-refractivity contribution in [3.63, 3.8) is 0 Å². The number of aliphatic carboxylic acids is 1. The summed E-state index contributed by atoms with van der Waals surface area (Å²) in [6.45, 7) is 0.357. The van der Waals surface area contributed by atoms with Crippen molar-refractivity contribution >= 4 is 35.2 Å². The van der Waals surface area contributed by atoms with E-state index < -0.39 is 5.97 Å². The van der Waals surface area contributed by atoms with Gasteiger partial charge in [0.1, 0.15) is 5.82 Å². The third-order valence-corrected chi connectivity index (χ3v) is 4.88. The second-order valence-electron chi connectivity index (χ2n) is 5.63. The second-order valence-corrected chi connectivity index (χ2v) is 7.15. The Morgan fingerprint density at radius 3 is 2.80 bits per heavy atom. The highest BCUT2D eigenvalue weighted by Gasteiger charge is 2.31. The lowest BCUT2D eigenvalue weighted by Crippen LogP contribution is -2.27. The van der Waals surface area contributed by atoms with Gasteiger partial charge < -0.3 is 10.4 Å². The van der Waals surface area contributed by atoms with Crippen molar-refractivity contribution in [1.29, 1.82) is 0 Å². The van der Waals surface area contributed by atoms with E-state index in [1.807, 2.05) is 18.2 Å². The van der Waals surface area contributed by atoms with Crippen molar-refractivity contribution in [2.75, 3.05) is 18.1 Å². The minimum absolute atomic E-state index is 0.0150. The molecular weight excluding hydrogens is 364 g/mol. The Kier molecular flexibility index (Phi) is 5.60. The average Bonchev–Trinajstić information content (AvgIpc) is 3.33. The molecule has 1 aromatic carbocycles. The van der Waals surface area contributed by atoms with Crippen LogP contribution in [0.2, 0.25) is 5.02 Å². The maximum absolute atomic E-state index is 12.3. The standard InChI is InChI=1S/C16H17ClN4O3S/c17-11-3-1-2-4-12(11)21-15(10-5-6-10)19-14(20-21)16(24)18-7-8-25-9-13(22)23/h1-4,10H,5-9H2,(H,18,24)(H,22,23). The third-order valence-electron chi connectivity index (χ3n) is 3.62. The minimum Gasteiger partial charge on any atom is -0.481 e. The van der Waals surface area contributed by atoms with E-state index in [1.54, 1.807) is 10.7 Å². The molecule has 0 saturated heterocycles. The van der Waals surface area contributed by atoms with Gasteiger partial charge in [-0.15, -0.1) is 16.9 Å². The van der Waals surface area contributed by atoms with Crippen molar-refractivity contribution in [2.45, 2.75) is 18.8 Å². The van der Waals surface area contributed by atoms with Crippen molar-refractivity contribution in [3.8, 4) is 5.69 Å². The molecule has 9 heteroatoms. The quantitative estimate of drug-likeness (QED) is 0.682. The molecule has 0 atom stereocenters. The van der Waals surface area contributed by atoms with E-state index in [1.165, 1.54) is 11.8 Å². The van der Waals surface area contributed by atoms with E-state index in [0.717, 1.165) is 18.7 Å². The molecule has 25 heavy (non-hydrogen) atoms. The molecule has 2 N–H and O–H groups in total. The van der Waals surface area contributed by atoms with Crippen molar-refractivity contribution in [2.24, 2.45) is 0 Å². The highest BCUT2D eigenvalue weighted by Crippen LogP contribution is 2.40. The molecule has 0 unspecified atom stereocenters. The Labute approximate surface area is 153 Å². The van der Waals surface area contributed by atoms with Gasteiger partial charge >= 0.3 is 5.97 Å². The number of carboxylic acid groups (broad SMARTS) is 1. The molecule has 0 spiro atoms. The molecule has 1 fully saturated rings.